The minimum Gasteiger partial charge on any atom is -0.496 e. The minimum absolute atomic E-state index is 0.130. The van der Waals surface area contributed by atoms with E-state index in [9.17, 15) is 5.11 Å². The third-order valence-corrected chi connectivity index (χ3v) is 3.36. The number of ether oxygens (including phenoxy) is 1. The molecule has 1 aromatic rings. The molecule has 0 unspecified atom stereocenters. The van der Waals surface area contributed by atoms with Crippen LogP contribution in [0.5, 0.6) is 5.75 Å². The van der Waals surface area contributed by atoms with E-state index in [1.165, 1.54) is 5.56 Å². The van der Waals surface area contributed by atoms with Gasteiger partial charge in [0.25, 0.3) is 0 Å². The van der Waals surface area contributed by atoms with Crippen molar-refractivity contribution in [3.8, 4) is 5.75 Å². The first-order chi connectivity index (χ1) is 10.4. The van der Waals surface area contributed by atoms with Crippen molar-refractivity contribution < 1.29 is 9.84 Å². The second kappa shape index (κ2) is 8.63. The van der Waals surface area contributed by atoms with Gasteiger partial charge in [-0.2, -0.15) is 0 Å². The lowest BCUT2D eigenvalue weighted by Gasteiger charge is -2.23. The van der Waals surface area contributed by atoms with Crippen LogP contribution in [-0.2, 0) is 6.54 Å². The summed E-state index contributed by atoms with van der Waals surface area (Å²) in [7, 11) is 1.68. The van der Waals surface area contributed by atoms with Gasteiger partial charge in [0.05, 0.1) is 13.7 Å². The third-order valence-electron chi connectivity index (χ3n) is 3.36. The molecule has 0 bridgehead atoms. The SMILES string of the molecule is CCNC(=NCc1ccc(C)cc1OC)NCC(C)(C)CO. The number of rotatable bonds is 7. The lowest BCUT2D eigenvalue weighted by molar-refractivity contribution is 0.162. The standard InChI is InChI=1S/C17H29N3O2/c1-6-18-16(20-11-17(3,4)12-21)19-10-14-8-7-13(2)9-15(14)22-5/h7-9,21H,6,10-12H2,1-5H3,(H2,18,19,20). The largest absolute Gasteiger partial charge is 0.496 e. The van der Waals surface area contributed by atoms with Crippen molar-refractivity contribution in [2.24, 2.45) is 10.4 Å². The molecule has 0 aliphatic rings. The number of nitrogens with zero attached hydrogens (tertiary/aromatic N) is 1. The Hall–Kier alpha value is -1.75. The predicted molar refractivity (Wildman–Crippen MR) is 91.4 cm³/mol. The molecule has 0 radical (unpaired) electrons. The number of hydrogen-bond acceptors (Lipinski definition) is 3. The smallest absolute Gasteiger partial charge is 0.191 e. The molecule has 1 aromatic carbocycles. The van der Waals surface area contributed by atoms with Crippen LogP contribution in [0.15, 0.2) is 23.2 Å². The summed E-state index contributed by atoms with van der Waals surface area (Å²) in [6, 6.07) is 6.11. The molecule has 0 amide bonds. The summed E-state index contributed by atoms with van der Waals surface area (Å²) < 4.78 is 5.41. The number of aliphatic hydroxyl groups excluding tert-OH is 1. The number of aryl methyl sites for hydroxylation is 1. The zero-order valence-electron chi connectivity index (χ0n) is 14.4. The fraction of sp³-hybridized carbons (Fsp3) is 0.588. The zero-order valence-corrected chi connectivity index (χ0v) is 14.4. The van der Waals surface area contributed by atoms with E-state index in [-0.39, 0.29) is 12.0 Å². The summed E-state index contributed by atoms with van der Waals surface area (Å²) >= 11 is 0. The Balaban J connectivity index is 2.77. The molecular weight excluding hydrogens is 278 g/mol. The van der Waals surface area contributed by atoms with Crippen LogP contribution in [0.25, 0.3) is 0 Å². The summed E-state index contributed by atoms with van der Waals surface area (Å²) in [4.78, 5) is 4.59. The maximum absolute atomic E-state index is 9.32. The molecule has 0 heterocycles. The first-order valence-electron chi connectivity index (χ1n) is 7.68. The number of methoxy groups -OCH3 is 1. The monoisotopic (exact) mass is 307 g/mol. The van der Waals surface area contributed by atoms with Crippen LogP contribution in [0.1, 0.15) is 31.9 Å². The van der Waals surface area contributed by atoms with Gasteiger partial charge in [-0.15, -0.1) is 0 Å². The lowest BCUT2D eigenvalue weighted by atomic mass is 9.95. The van der Waals surface area contributed by atoms with E-state index in [4.69, 9.17) is 4.74 Å². The summed E-state index contributed by atoms with van der Waals surface area (Å²) in [6.07, 6.45) is 0. The fourth-order valence-corrected chi connectivity index (χ4v) is 1.87. The molecule has 0 saturated carbocycles. The van der Waals surface area contributed by atoms with Crippen molar-refractivity contribution in [2.75, 3.05) is 26.8 Å². The molecule has 22 heavy (non-hydrogen) atoms. The second-order valence-corrected chi connectivity index (χ2v) is 6.19. The van der Waals surface area contributed by atoms with Crippen molar-refractivity contribution in [3.63, 3.8) is 0 Å². The number of hydrogen-bond donors (Lipinski definition) is 3. The van der Waals surface area contributed by atoms with Crippen LogP contribution in [0, 0.1) is 12.3 Å². The quantitative estimate of drug-likeness (QED) is 0.533. The van der Waals surface area contributed by atoms with Gasteiger partial charge in [-0.05, 0) is 25.5 Å². The van der Waals surface area contributed by atoms with Crippen molar-refractivity contribution in [1.82, 2.24) is 10.6 Å². The Labute approximate surface area is 133 Å². The maximum atomic E-state index is 9.32. The van der Waals surface area contributed by atoms with E-state index in [2.05, 4.69) is 21.7 Å². The van der Waals surface area contributed by atoms with E-state index in [1.54, 1.807) is 7.11 Å². The summed E-state index contributed by atoms with van der Waals surface area (Å²) in [6.45, 7) is 10.2. The first kappa shape index (κ1) is 18.3. The number of nitrogens with one attached hydrogen (secondary N) is 2. The molecule has 0 aliphatic carbocycles. The molecule has 0 aromatic heterocycles. The van der Waals surface area contributed by atoms with Crippen LogP contribution >= 0.6 is 0 Å². The van der Waals surface area contributed by atoms with Gasteiger partial charge in [-0.3, -0.25) is 0 Å². The van der Waals surface area contributed by atoms with E-state index in [1.807, 2.05) is 39.8 Å². The van der Waals surface area contributed by atoms with E-state index < -0.39 is 0 Å². The third kappa shape index (κ3) is 5.93. The molecule has 0 aliphatic heterocycles. The summed E-state index contributed by atoms with van der Waals surface area (Å²) in [5.41, 5.74) is 2.03. The molecule has 5 heteroatoms. The van der Waals surface area contributed by atoms with Crippen LogP contribution in [0.2, 0.25) is 0 Å². The molecule has 124 valence electrons. The van der Waals surface area contributed by atoms with Gasteiger partial charge in [-0.1, -0.05) is 26.0 Å². The van der Waals surface area contributed by atoms with E-state index in [0.29, 0.717) is 13.1 Å². The Morgan fingerprint density at radius 2 is 2.05 bits per heavy atom. The molecule has 0 fully saturated rings. The van der Waals surface area contributed by atoms with Gasteiger partial charge in [0.15, 0.2) is 5.96 Å². The van der Waals surface area contributed by atoms with Crippen molar-refractivity contribution >= 4 is 5.96 Å². The van der Waals surface area contributed by atoms with Gasteiger partial charge in [0, 0.05) is 30.7 Å². The van der Waals surface area contributed by atoms with Gasteiger partial charge in [0.2, 0.25) is 0 Å². The van der Waals surface area contributed by atoms with Crippen LogP contribution in [0.4, 0.5) is 0 Å². The lowest BCUT2D eigenvalue weighted by Crippen LogP contribution is -2.43. The van der Waals surface area contributed by atoms with E-state index in [0.717, 1.165) is 23.8 Å². The normalized spacial score (nSPS) is 12.2. The van der Waals surface area contributed by atoms with Crippen molar-refractivity contribution in [1.29, 1.82) is 0 Å². The second-order valence-electron chi connectivity index (χ2n) is 6.19. The number of guanidine groups is 1. The molecular formula is C17H29N3O2. The topological polar surface area (TPSA) is 65.9 Å². The number of aliphatic hydroxyl groups is 1. The molecule has 0 atom stereocenters. The van der Waals surface area contributed by atoms with Gasteiger partial charge in [0.1, 0.15) is 5.75 Å². The Morgan fingerprint density at radius 3 is 2.64 bits per heavy atom. The van der Waals surface area contributed by atoms with Crippen LogP contribution < -0.4 is 15.4 Å². The highest BCUT2D eigenvalue weighted by Gasteiger charge is 2.16. The average Bonchev–Trinajstić information content (AvgIpc) is 2.50. The highest BCUT2D eigenvalue weighted by Crippen LogP contribution is 2.20. The molecule has 3 N–H and O–H groups in total. The highest BCUT2D eigenvalue weighted by atomic mass is 16.5. The van der Waals surface area contributed by atoms with Crippen molar-refractivity contribution in [3.05, 3.63) is 29.3 Å². The average molecular weight is 307 g/mol. The van der Waals surface area contributed by atoms with Gasteiger partial charge < -0.3 is 20.5 Å². The highest BCUT2D eigenvalue weighted by molar-refractivity contribution is 5.79. The summed E-state index contributed by atoms with van der Waals surface area (Å²) in [5.74, 6) is 1.60. The number of aliphatic imine (C=N–C) groups is 1. The Bertz CT molecular complexity index is 499. The van der Waals surface area contributed by atoms with Crippen molar-refractivity contribution in [2.45, 2.75) is 34.2 Å². The molecule has 1 rings (SSSR count). The molecule has 5 nitrogen and oxygen atoms in total. The predicted octanol–water partition coefficient (Wildman–Crippen LogP) is 2.08. The van der Waals surface area contributed by atoms with Gasteiger partial charge in [-0.25, -0.2) is 4.99 Å². The molecule has 0 saturated heterocycles. The maximum Gasteiger partial charge on any atom is 0.191 e. The summed E-state index contributed by atoms with van der Waals surface area (Å²) in [5, 5.41) is 15.8. The minimum atomic E-state index is -0.183. The van der Waals surface area contributed by atoms with Crippen LogP contribution in [-0.4, -0.2) is 37.9 Å². The van der Waals surface area contributed by atoms with Gasteiger partial charge >= 0.3 is 0 Å². The first-order valence-corrected chi connectivity index (χ1v) is 7.68. The Kier molecular flexibility index (Phi) is 7.18. The number of benzene rings is 1. The zero-order chi connectivity index (χ0) is 16.6. The van der Waals surface area contributed by atoms with Crippen LogP contribution in [0.3, 0.4) is 0 Å². The Morgan fingerprint density at radius 1 is 1.32 bits per heavy atom. The van der Waals surface area contributed by atoms with E-state index >= 15 is 0 Å². The fourth-order valence-electron chi connectivity index (χ4n) is 1.87. The molecule has 0 spiro atoms.